The van der Waals surface area contributed by atoms with Crippen molar-refractivity contribution in [3.05, 3.63) is 348 Å². The lowest BCUT2D eigenvalue weighted by atomic mass is 9.78. The Balaban J connectivity index is 0.867. The van der Waals surface area contributed by atoms with Crippen molar-refractivity contribution in [1.29, 1.82) is 0 Å². The smallest absolute Gasteiger partial charge is 0.000740 e. The van der Waals surface area contributed by atoms with Crippen molar-refractivity contribution in [3.63, 3.8) is 0 Å². The molecule has 0 heteroatoms. The minimum atomic E-state index is 0.952. The molecule has 23 rings (SSSR count). The molecule has 19 aromatic rings. The largest absolute Gasteiger partial charge is 0.0616 e. The highest BCUT2D eigenvalue weighted by Gasteiger charge is 2.41. The molecule has 0 aliphatic heterocycles. The lowest BCUT2D eigenvalue weighted by Gasteiger charge is -2.25. The maximum atomic E-state index is 2.71. The summed E-state index contributed by atoms with van der Waals surface area (Å²) in [6, 6.07) is 121. The van der Waals surface area contributed by atoms with Crippen LogP contribution in [0.5, 0.6) is 0 Å². The highest BCUT2D eigenvalue weighted by molar-refractivity contribution is 6.39. The molecule has 0 atom stereocenters. The molecule has 562 valence electrons. The van der Waals surface area contributed by atoms with Gasteiger partial charge in [-0.1, -0.05) is 347 Å². The predicted octanol–water partition coefficient (Wildman–Crippen LogP) is 33.0. The number of hydrogen-bond acceptors (Lipinski definition) is 0. The lowest BCUT2D eigenvalue weighted by molar-refractivity contribution is 1.14. The van der Waals surface area contributed by atoms with Gasteiger partial charge in [-0.3, -0.25) is 0 Å². The van der Waals surface area contributed by atoms with Crippen LogP contribution in [0.25, 0.3) is 243 Å². The van der Waals surface area contributed by atoms with E-state index in [1.807, 2.05) is 0 Å². The Kier molecular flexibility index (Phi) is 16.2. The third-order valence-electron chi connectivity index (χ3n) is 27.8. The van der Waals surface area contributed by atoms with Crippen LogP contribution < -0.4 is 0 Å². The fraction of sp³-hybridized carbons (Fsp3) is 0.136. The van der Waals surface area contributed by atoms with Crippen molar-refractivity contribution in [3.8, 4) is 178 Å². The zero-order chi connectivity index (χ0) is 79.0. The molecule has 19 aromatic carbocycles. The zero-order valence-corrected chi connectivity index (χ0v) is 68.5. The van der Waals surface area contributed by atoms with E-state index in [1.165, 1.54) is 287 Å². The summed E-state index contributed by atoms with van der Waals surface area (Å²) in [5.41, 5.74) is 51.9. The fourth-order valence-electron chi connectivity index (χ4n) is 21.8. The van der Waals surface area contributed by atoms with Gasteiger partial charge >= 0.3 is 0 Å². The summed E-state index contributed by atoms with van der Waals surface area (Å²) < 4.78 is 0. The van der Waals surface area contributed by atoms with E-state index in [0.717, 1.165) is 51.4 Å². The molecule has 0 aromatic heterocycles. The number of benzene rings is 19. The first-order valence-corrected chi connectivity index (χ1v) is 43.5. The quantitative estimate of drug-likeness (QED) is 0.0846. The molecule has 0 saturated heterocycles. The molecule has 0 saturated carbocycles. The highest BCUT2D eigenvalue weighted by Crippen LogP contribution is 2.68. The highest BCUT2D eigenvalue weighted by atomic mass is 14.4. The molecule has 0 nitrogen and oxygen atoms in total. The molecule has 0 bridgehead atoms. The van der Waals surface area contributed by atoms with Crippen LogP contribution in [0.2, 0.25) is 0 Å². The van der Waals surface area contributed by atoms with Crippen molar-refractivity contribution in [1.82, 2.24) is 0 Å². The van der Waals surface area contributed by atoms with Crippen molar-refractivity contribution in [2.24, 2.45) is 0 Å². The van der Waals surface area contributed by atoms with E-state index in [2.05, 4.69) is 359 Å². The first-order valence-electron chi connectivity index (χ1n) is 43.5. The second kappa shape index (κ2) is 27.2. The molecule has 0 N–H and O–H groups in total. The van der Waals surface area contributed by atoms with Crippen molar-refractivity contribution < 1.29 is 0 Å². The molecule has 0 fully saturated rings. The number of rotatable bonds is 16. The molecule has 0 radical (unpaired) electrons. The summed E-state index contributed by atoms with van der Waals surface area (Å²) in [5, 5.41) is 15.5. The van der Waals surface area contributed by atoms with E-state index in [9.17, 15) is 0 Å². The molecule has 4 aliphatic rings. The normalized spacial score (nSPS) is 12.3. The van der Waals surface area contributed by atoms with E-state index in [1.54, 1.807) is 0 Å². The molecule has 0 spiro atoms. The molecular formula is C118H90. The summed E-state index contributed by atoms with van der Waals surface area (Å²) >= 11 is 0. The van der Waals surface area contributed by atoms with Crippen molar-refractivity contribution in [2.45, 2.75) is 107 Å². The van der Waals surface area contributed by atoms with Gasteiger partial charge < -0.3 is 0 Å². The molecule has 0 heterocycles. The van der Waals surface area contributed by atoms with Gasteiger partial charge in [0.15, 0.2) is 0 Å². The van der Waals surface area contributed by atoms with Crippen molar-refractivity contribution >= 4 is 64.6 Å². The Morgan fingerprint density at radius 1 is 0.127 bits per heavy atom. The monoisotopic (exact) mass is 1510 g/mol. The molecule has 4 aliphatic carbocycles. The maximum Gasteiger partial charge on any atom is -0.000740 e. The first-order chi connectivity index (χ1) is 58.2. The van der Waals surface area contributed by atoms with E-state index in [0.29, 0.717) is 0 Å². The third kappa shape index (κ3) is 10.1. The van der Waals surface area contributed by atoms with Gasteiger partial charge in [-0.15, -0.1) is 0 Å². The van der Waals surface area contributed by atoms with Crippen LogP contribution in [0, 0.1) is 0 Å². The zero-order valence-electron chi connectivity index (χ0n) is 68.5. The van der Waals surface area contributed by atoms with E-state index < -0.39 is 0 Å². The fourth-order valence-corrected chi connectivity index (χ4v) is 21.8. The molecule has 118 heavy (non-hydrogen) atoms. The average molecular weight is 1510 g/mol. The summed E-state index contributed by atoms with van der Waals surface area (Å²) in [7, 11) is 0. The summed E-state index contributed by atoms with van der Waals surface area (Å²) in [4.78, 5) is 0. The maximum absolute atomic E-state index is 2.71. The Hall–Kier alpha value is -13.3. The van der Waals surface area contributed by atoms with E-state index in [-0.39, 0.29) is 0 Å². The van der Waals surface area contributed by atoms with Gasteiger partial charge in [0.2, 0.25) is 0 Å². The topological polar surface area (TPSA) is 0 Å². The molecule has 0 amide bonds. The standard InChI is InChI=1S/C118H90/c1-9-67-25-41-75(42-26-67)99-83-21-17-18-22-84(83)100(76-43-27-68(10-2)28-44-76)112-88-58-62-92-109-91(61-57-87(107(88)109)111(99)112)115-103(79-49-33-71(13-5)34-50-79)95-65-97-98(66-96(95)104(116(92)115)80-51-35-72(14-6)36-52-80)106(82-55-39-74(16-8)40-56-82)118-94-64-60-90-108-89(59-63-93(110(94)108)117(118)105(97)81-53-37-73(15-7)38-54-81)113-101(77-45-29-69(11-3)30-46-77)85-23-19-20-24-86(85)102(114(90)113)78-47-31-70(12-4)32-48-78/h17-66H,9-16H2,1-8H3. The summed E-state index contributed by atoms with van der Waals surface area (Å²) in [5.74, 6) is 0. The van der Waals surface area contributed by atoms with Crippen molar-refractivity contribution in [2.75, 3.05) is 0 Å². The molecule has 0 unspecified atom stereocenters. The van der Waals surface area contributed by atoms with Crippen LogP contribution in [-0.4, -0.2) is 0 Å². The third-order valence-corrected chi connectivity index (χ3v) is 27.8. The number of hydrogen-bond donors (Lipinski definition) is 0. The van der Waals surface area contributed by atoms with Crippen LogP contribution in [0.1, 0.15) is 99.9 Å². The lowest BCUT2D eigenvalue weighted by Crippen LogP contribution is -1.98. The van der Waals surface area contributed by atoms with Crippen LogP contribution in [0.3, 0.4) is 0 Å². The van der Waals surface area contributed by atoms with Crippen LogP contribution in [0.15, 0.2) is 303 Å². The number of aryl methyl sites for hydroxylation is 8. The van der Waals surface area contributed by atoms with Gasteiger partial charge in [-0.05, 0) is 351 Å². The van der Waals surface area contributed by atoms with Gasteiger partial charge in [0, 0.05) is 0 Å². The van der Waals surface area contributed by atoms with Crippen LogP contribution in [-0.2, 0) is 51.4 Å². The Labute approximate surface area is 692 Å². The number of fused-ring (bicyclic) bond motifs is 16. The van der Waals surface area contributed by atoms with Gasteiger partial charge in [-0.2, -0.15) is 0 Å². The van der Waals surface area contributed by atoms with Gasteiger partial charge in [0.25, 0.3) is 0 Å². The first kappa shape index (κ1) is 70.2. The van der Waals surface area contributed by atoms with Crippen LogP contribution in [0.4, 0.5) is 0 Å². The predicted molar refractivity (Wildman–Crippen MR) is 508 cm³/mol. The Morgan fingerprint density at radius 3 is 0.381 bits per heavy atom. The minimum Gasteiger partial charge on any atom is -0.0616 e. The SMILES string of the molecule is CCc1ccc(-c2c3c(c(-c4ccc(CC)cc4)c4ccccc24)-c2ccc4c5c(ccc-3c25)-c2c-4c(-c3ccc(CC)cc3)c3cc4c(-c5ccc(CC)cc5)c5c(c(-c6ccc(CC)cc6)c4cc3c2-c2ccc(CC)cc2)-c2ccc3c4c(ccc-5c24)-c2c-3c(-c3ccc(CC)cc3)c3ccccc3c2-c2ccc(CC)cc2)cc1. The Morgan fingerprint density at radius 2 is 0.254 bits per heavy atom. The van der Waals surface area contributed by atoms with E-state index >= 15 is 0 Å². The second-order valence-corrected chi connectivity index (χ2v) is 33.6. The molecular weight excluding hydrogens is 1420 g/mol. The summed E-state index contributed by atoms with van der Waals surface area (Å²) in [6.45, 7) is 18.2. The van der Waals surface area contributed by atoms with Gasteiger partial charge in [0.1, 0.15) is 0 Å². The Bertz CT molecular complexity index is 6600. The van der Waals surface area contributed by atoms with Gasteiger partial charge in [0.05, 0.1) is 0 Å². The second-order valence-electron chi connectivity index (χ2n) is 33.6. The summed E-state index contributed by atoms with van der Waals surface area (Å²) in [6.07, 6.45) is 7.76. The van der Waals surface area contributed by atoms with E-state index in [4.69, 9.17) is 0 Å². The minimum absolute atomic E-state index is 0.952. The average Bonchev–Trinajstić information content (AvgIpc) is 1.46. The van der Waals surface area contributed by atoms with Crippen LogP contribution >= 0.6 is 0 Å². The van der Waals surface area contributed by atoms with Gasteiger partial charge in [-0.25, -0.2) is 0 Å².